The molecule has 1 heterocycles. The summed E-state index contributed by atoms with van der Waals surface area (Å²) in [4.78, 5) is 37.7. The van der Waals surface area contributed by atoms with Gasteiger partial charge in [0, 0.05) is 12.6 Å². The molecule has 5 nitrogen and oxygen atoms in total. The maximum absolute atomic E-state index is 12.7. The van der Waals surface area contributed by atoms with E-state index in [4.69, 9.17) is 0 Å². The van der Waals surface area contributed by atoms with Gasteiger partial charge in [0.15, 0.2) is 0 Å². The first kappa shape index (κ1) is 15.0. The van der Waals surface area contributed by atoms with E-state index < -0.39 is 0 Å². The molecule has 0 bridgehead atoms. The van der Waals surface area contributed by atoms with Gasteiger partial charge in [-0.25, -0.2) is 4.90 Å². The van der Waals surface area contributed by atoms with E-state index in [0.29, 0.717) is 22.5 Å². The first-order valence-electron chi connectivity index (χ1n) is 7.26. The lowest BCUT2D eigenvalue weighted by Gasteiger charge is -2.18. The van der Waals surface area contributed by atoms with Crippen molar-refractivity contribution in [3.05, 3.63) is 58.7 Å². The SMILES string of the molecule is CC(=O)Nc1ccc(C)c(N2C(=O)c3ccc(C)cc3C2=O)c1. The number of hydrogen-bond donors (Lipinski definition) is 1. The predicted molar refractivity (Wildman–Crippen MR) is 87.8 cm³/mol. The van der Waals surface area contributed by atoms with Crippen molar-refractivity contribution in [2.45, 2.75) is 20.8 Å². The van der Waals surface area contributed by atoms with Crippen LogP contribution in [0.4, 0.5) is 11.4 Å². The highest BCUT2D eigenvalue weighted by molar-refractivity contribution is 6.34. The number of anilines is 2. The zero-order valence-electron chi connectivity index (χ0n) is 13.1. The maximum atomic E-state index is 12.7. The predicted octanol–water partition coefficient (Wildman–Crippen LogP) is 3.06. The van der Waals surface area contributed by atoms with E-state index in [1.807, 2.05) is 19.9 Å². The smallest absolute Gasteiger partial charge is 0.266 e. The standard InChI is InChI=1S/C18H16N2O3/c1-10-4-7-14-15(8-10)18(23)20(17(14)22)16-9-13(19-12(3)21)6-5-11(16)2/h4-9H,1-3H3,(H,19,21). The van der Waals surface area contributed by atoms with Gasteiger partial charge in [-0.3, -0.25) is 14.4 Å². The van der Waals surface area contributed by atoms with E-state index in [9.17, 15) is 14.4 Å². The molecule has 1 aliphatic rings. The van der Waals surface area contributed by atoms with Crippen molar-refractivity contribution in [3.8, 4) is 0 Å². The third-order valence-electron chi connectivity index (χ3n) is 3.81. The molecule has 2 aromatic rings. The number of fused-ring (bicyclic) bond motifs is 1. The molecule has 1 aliphatic heterocycles. The largest absolute Gasteiger partial charge is 0.326 e. The number of nitrogens with one attached hydrogen (secondary N) is 1. The molecule has 23 heavy (non-hydrogen) atoms. The van der Waals surface area contributed by atoms with E-state index in [0.717, 1.165) is 11.1 Å². The molecule has 116 valence electrons. The third kappa shape index (κ3) is 2.50. The van der Waals surface area contributed by atoms with Crippen LogP contribution >= 0.6 is 0 Å². The molecule has 0 saturated carbocycles. The van der Waals surface area contributed by atoms with E-state index in [1.54, 1.807) is 30.3 Å². The monoisotopic (exact) mass is 308 g/mol. The lowest BCUT2D eigenvalue weighted by atomic mass is 10.1. The van der Waals surface area contributed by atoms with E-state index in [2.05, 4.69) is 5.32 Å². The third-order valence-corrected chi connectivity index (χ3v) is 3.81. The number of rotatable bonds is 2. The summed E-state index contributed by atoms with van der Waals surface area (Å²) < 4.78 is 0. The highest BCUT2D eigenvalue weighted by Crippen LogP contribution is 2.32. The van der Waals surface area contributed by atoms with Crippen molar-refractivity contribution >= 4 is 29.1 Å². The van der Waals surface area contributed by atoms with Crippen molar-refractivity contribution in [3.63, 3.8) is 0 Å². The molecule has 0 aromatic heterocycles. The second-order valence-electron chi connectivity index (χ2n) is 5.68. The van der Waals surface area contributed by atoms with Crippen LogP contribution in [0.2, 0.25) is 0 Å². The van der Waals surface area contributed by atoms with Gasteiger partial charge < -0.3 is 5.32 Å². The second-order valence-corrected chi connectivity index (χ2v) is 5.68. The van der Waals surface area contributed by atoms with E-state index in [1.165, 1.54) is 11.8 Å². The zero-order valence-corrected chi connectivity index (χ0v) is 13.1. The van der Waals surface area contributed by atoms with Crippen molar-refractivity contribution in [2.24, 2.45) is 0 Å². The minimum Gasteiger partial charge on any atom is -0.326 e. The van der Waals surface area contributed by atoms with Crippen LogP contribution in [0.3, 0.4) is 0 Å². The number of amides is 3. The number of imide groups is 1. The first-order valence-corrected chi connectivity index (χ1v) is 7.26. The quantitative estimate of drug-likeness (QED) is 0.867. The van der Waals surface area contributed by atoms with Crippen molar-refractivity contribution in [1.82, 2.24) is 0 Å². The summed E-state index contributed by atoms with van der Waals surface area (Å²) in [5.41, 5.74) is 3.57. The Morgan fingerprint density at radius 2 is 1.65 bits per heavy atom. The molecule has 0 saturated heterocycles. The van der Waals surface area contributed by atoms with Gasteiger partial charge in [-0.05, 0) is 43.7 Å². The van der Waals surface area contributed by atoms with Crippen molar-refractivity contribution in [2.75, 3.05) is 10.2 Å². The van der Waals surface area contributed by atoms with Gasteiger partial charge >= 0.3 is 0 Å². The van der Waals surface area contributed by atoms with E-state index >= 15 is 0 Å². The Bertz CT molecular complexity index is 855. The first-order chi connectivity index (χ1) is 10.9. The Hall–Kier alpha value is -2.95. The van der Waals surface area contributed by atoms with Crippen LogP contribution in [0, 0.1) is 13.8 Å². The topological polar surface area (TPSA) is 66.5 Å². The van der Waals surface area contributed by atoms with E-state index in [-0.39, 0.29) is 17.7 Å². The van der Waals surface area contributed by atoms with Crippen molar-refractivity contribution in [1.29, 1.82) is 0 Å². The van der Waals surface area contributed by atoms with Crippen LogP contribution in [-0.4, -0.2) is 17.7 Å². The lowest BCUT2D eigenvalue weighted by Crippen LogP contribution is -2.30. The fraction of sp³-hybridized carbons (Fsp3) is 0.167. The molecule has 0 radical (unpaired) electrons. The molecular weight excluding hydrogens is 292 g/mol. The van der Waals surface area contributed by atoms with Gasteiger partial charge in [0.1, 0.15) is 0 Å². The number of hydrogen-bond acceptors (Lipinski definition) is 3. The Morgan fingerprint density at radius 1 is 0.957 bits per heavy atom. The second kappa shape index (κ2) is 5.35. The fourth-order valence-electron chi connectivity index (χ4n) is 2.70. The highest BCUT2D eigenvalue weighted by Gasteiger charge is 2.37. The average molecular weight is 308 g/mol. The van der Waals surface area contributed by atoms with Crippen LogP contribution in [0.25, 0.3) is 0 Å². The Labute approximate surface area is 133 Å². The molecule has 3 amide bonds. The summed E-state index contributed by atoms with van der Waals surface area (Å²) >= 11 is 0. The zero-order chi connectivity index (χ0) is 16.7. The minimum absolute atomic E-state index is 0.210. The number of nitrogens with zero attached hydrogens (tertiary/aromatic N) is 1. The molecule has 0 spiro atoms. The summed E-state index contributed by atoms with van der Waals surface area (Å²) in [7, 11) is 0. The Kier molecular flexibility index (Phi) is 3.48. The van der Waals surface area contributed by atoms with Crippen molar-refractivity contribution < 1.29 is 14.4 Å². The fourth-order valence-corrected chi connectivity index (χ4v) is 2.70. The molecule has 0 fully saturated rings. The Morgan fingerprint density at radius 3 is 2.35 bits per heavy atom. The molecule has 0 aliphatic carbocycles. The number of aryl methyl sites for hydroxylation is 2. The molecule has 0 atom stereocenters. The molecule has 1 N–H and O–H groups in total. The van der Waals surface area contributed by atoms with Gasteiger partial charge in [0.2, 0.25) is 5.91 Å². The van der Waals surface area contributed by atoms with Crippen LogP contribution in [0.5, 0.6) is 0 Å². The summed E-state index contributed by atoms with van der Waals surface area (Å²) in [6.45, 7) is 5.11. The number of benzene rings is 2. The number of carbonyl (C=O) groups is 3. The van der Waals surface area contributed by atoms with Gasteiger partial charge in [0.25, 0.3) is 11.8 Å². The van der Waals surface area contributed by atoms with Crippen LogP contribution in [0.15, 0.2) is 36.4 Å². The average Bonchev–Trinajstić information content (AvgIpc) is 2.72. The van der Waals surface area contributed by atoms with Crippen LogP contribution in [0.1, 0.15) is 38.8 Å². The molecule has 0 unspecified atom stereocenters. The summed E-state index contributed by atoms with van der Waals surface area (Å²) in [5, 5.41) is 2.67. The molecular formula is C18H16N2O3. The summed E-state index contributed by atoms with van der Waals surface area (Å²) in [5.74, 6) is -0.886. The Balaban J connectivity index is 2.08. The normalized spacial score (nSPS) is 13.3. The lowest BCUT2D eigenvalue weighted by molar-refractivity contribution is -0.114. The summed E-state index contributed by atoms with van der Waals surface area (Å²) in [6.07, 6.45) is 0. The van der Waals surface area contributed by atoms with Gasteiger partial charge in [0.05, 0.1) is 16.8 Å². The maximum Gasteiger partial charge on any atom is 0.266 e. The highest BCUT2D eigenvalue weighted by atomic mass is 16.2. The molecule has 5 heteroatoms. The molecule has 3 rings (SSSR count). The van der Waals surface area contributed by atoms with Gasteiger partial charge in [-0.15, -0.1) is 0 Å². The summed E-state index contributed by atoms with van der Waals surface area (Å²) in [6, 6.07) is 10.4. The van der Waals surface area contributed by atoms with Gasteiger partial charge in [-0.2, -0.15) is 0 Å². The molecule has 2 aromatic carbocycles. The van der Waals surface area contributed by atoms with Gasteiger partial charge in [-0.1, -0.05) is 17.7 Å². The van der Waals surface area contributed by atoms with Crippen LogP contribution in [-0.2, 0) is 4.79 Å². The minimum atomic E-state index is -0.340. The van der Waals surface area contributed by atoms with Crippen LogP contribution < -0.4 is 10.2 Å². The number of carbonyl (C=O) groups excluding carboxylic acids is 3.